The molecule has 0 saturated carbocycles. The molecule has 0 bridgehead atoms. The van der Waals surface area contributed by atoms with Crippen molar-refractivity contribution in [2.75, 3.05) is 45.1 Å². The highest BCUT2D eigenvalue weighted by molar-refractivity contribution is 6.32. The van der Waals surface area contributed by atoms with Gasteiger partial charge in [0.2, 0.25) is 5.00 Å². The zero-order valence-electron chi connectivity index (χ0n) is 42.7. The number of nitrogens with two attached hydrogens (primary N) is 1. The summed E-state index contributed by atoms with van der Waals surface area (Å²) in [6.45, 7) is 1.44. The van der Waals surface area contributed by atoms with E-state index in [2.05, 4.69) is 0 Å². The molecule has 5 nitrogen and oxygen atoms in total. The maximum Gasteiger partial charge on any atom is 0.425 e. The molecule has 0 aliphatic rings. The molecule has 79 heavy (non-hydrogen) atoms. The standard InChI is InChI=1S/C32H28ClF6NO.C31H30ClF3N2O/c33-30-25(14-7-17-29(30)32(37,38)39)21-40(18-9-19-41-27-16-8-15-26(20-27)31(34,35)36)22-28(23-10-3-1-4-11-23)24-12-5-2-6-13-24;32-30(31(33,34)35,26-16-8-3-9-17-26)37(20-11-21-38-28-19-10-18-27(36)22-28)23-29(24-12-4-1-5-13-24)25-14-6-2-7-15-25/h1-8,10-17,20,28H,9,18-19,21-22H2;1-10,12-19,22,29H,11,20-21,23,36H2. The molecule has 0 fully saturated rings. The van der Waals surface area contributed by atoms with E-state index in [9.17, 15) is 39.5 Å². The molecule has 0 spiro atoms. The van der Waals surface area contributed by atoms with Gasteiger partial charge in [-0.1, -0.05) is 199 Å². The number of hydrogen-bond acceptors (Lipinski definition) is 5. The lowest BCUT2D eigenvalue weighted by atomic mass is 9.89. The topological polar surface area (TPSA) is 51.0 Å². The average molecular weight is 1130 g/mol. The first-order valence-corrected chi connectivity index (χ1v) is 26.2. The van der Waals surface area contributed by atoms with Crippen molar-refractivity contribution in [3.8, 4) is 11.5 Å². The molecule has 0 radical (unpaired) electrons. The molecule has 2 N–H and O–H groups in total. The Morgan fingerprint density at radius 2 is 0.886 bits per heavy atom. The van der Waals surface area contributed by atoms with Crippen molar-refractivity contribution in [3.05, 3.63) is 268 Å². The summed E-state index contributed by atoms with van der Waals surface area (Å²) in [6.07, 6.45) is -13.1. The van der Waals surface area contributed by atoms with Crippen LogP contribution >= 0.6 is 23.2 Å². The molecular formula is C63H58Cl2F9N3O2. The van der Waals surface area contributed by atoms with Gasteiger partial charge in [0, 0.05) is 56.3 Å². The third kappa shape index (κ3) is 16.8. The van der Waals surface area contributed by atoms with Crippen LogP contribution in [0.25, 0.3) is 0 Å². The van der Waals surface area contributed by atoms with Gasteiger partial charge >= 0.3 is 18.5 Å². The van der Waals surface area contributed by atoms with Gasteiger partial charge in [-0.25, -0.2) is 0 Å². The van der Waals surface area contributed by atoms with Gasteiger partial charge in [-0.2, -0.15) is 39.5 Å². The second kappa shape index (κ2) is 27.8. The van der Waals surface area contributed by atoms with E-state index in [-0.39, 0.29) is 61.0 Å². The van der Waals surface area contributed by atoms with E-state index in [1.807, 2.05) is 126 Å². The van der Waals surface area contributed by atoms with Crippen LogP contribution in [0.4, 0.5) is 45.2 Å². The number of rotatable bonds is 22. The molecule has 8 rings (SSSR count). The second-order valence-electron chi connectivity index (χ2n) is 18.7. The van der Waals surface area contributed by atoms with Crippen LogP contribution in [0, 0.1) is 0 Å². The van der Waals surface area contributed by atoms with Crippen molar-refractivity contribution in [3.63, 3.8) is 0 Å². The summed E-state index contributed by atoms with van der Waals surface area (Å²) in [7, 11) is 0. The minimum absolute atomic E-state index is 0.0224. The minimum atomic E-state index is -4.75. The first kappa shape index (κ1) is 59.7. The highest BCUT2D eigenvalue weighted by atomic mass is 35.5. The Bertz CT molecular complexity index is 3010. The van der Waals surface area contributed by atoms with Gasteiger partial charge < -0.3 is 15.2 Å². The van der Waals surface area contributed by atoms with Crippen molar-refractivity contribution < 1.29 is 49.0 Å². The number of ether oxygens (including phenoxy) is 2. The lowest BCUT2D eigenvalue weighted by Crippen LogP contribution is -2.54. The summed E-state index contributed by atoms with van der Waals surface area (Å²) in [5.74, 6) is 0.237. The molecule has 0 amide bonds. The van der Waals surface area contributed by atoms with Crippen molar-refractivity contribution in [1.82, 2.24) is 9.80 Å². The van der Waals surface area contributed by atoms with Crippen molar-refractivity contribution in [2.45, 2.75) is 54.7 Å². The monoisotopic (exact) mass is 1130 g/mol. The first-order chi connectivity index (χ1) is 37.8. The zero-order chi connectivity index (χ0) is 56.5. The van der Waals surface area contributed by atoms with Crippen LogP contribution in [-0.2, 0) is 23.9 Å². The van der Waals surface area contributed by atoms with Crippen molar-refractivity contribution in [1.29, 1.82) is 0 Å². The molecule has 0 saturated heterocycles. The molecule has 1 atom stereocenters. The molecular weight excluding hydrogens is 1070 g/mol. The van der Waals surface area contributed by atoms with Gasteiger partial charge in [-0.05, 0) is 82.6 Å². The molecule has 414 valence electrons. The summed E-state index contributed by atoms with van der Waals surface area (Å²) < 4.78 is 136. The smallest absolute Gasteiger partial charge is 0.425 e. The van der Waals surface area contributed by atoms with Crippen LogP contribution in [-0.4, -0.2) is 55.4 Å². The SMILES string of the molecule is FC(F)(F)c1cccc(OCCCN(Cc2cccc(C(F)(F)F)c2Cl)CC(c2ccccc2)c2ccccc2)c1.Nc1cccc(OCCCN(CC(c2ccccc2)c2ccccc2)C(Cl)(c2ccccc2)C(F)(F)F)c1. The Balaban J connectivity index is 0.000000229. The molecule has 1 unspecified atom stereocenters. The van der Waals surface area contributed by atoms with Crippen LogP contribution in [0.15, 0.2) is 218 Å². The fourth-order valence-electron chi connectivity index (χ4n) is 9.27. The van der Waals surface area contributed by atoms with E-state index in [0.29, 0.717) is 42.9 Å². The maximum absolute atomic E-state index is 14.9. The van der Waals surface area contributed by atoms with Crippen molar-refractivity contribution >= 4 is 28.9 Å². The van der Waals surface area contributed by atoms with E-state index in [4.69, 9.17) is 38.4 Å². The second-order valence-corrected chi connectivity index (χ2v) is 19.6. The Kier molecular flexibility index (Phi) is 21.0. The summed E-state index contributed by atoms with van der Waals surface area (Å²) in [5, 5.41) is -0.346. The first-order valence-electron chi connectivity index (χ1n) is 25.4. The Morgan fingerprint density at radius 3 is 1.35 bits per heavy atom. The van der Waals surface area contributed by atoms with Crippen LogP contribution in [0.1, 0.15) is 69.2 Å². The Labute approximate surface area is 464 Å². The number of alkyl halides is 10. The molecule has 0 aliphatic carbocycles. The third-order valence-corrected chi connectivity index (χ3v) is 14.3. The van der Waals surface area contributed by atoms with Crippen molar-refractivity contribution in [2.24, 2.45) is 0 Å². The van der Waals surface area contributed by atoms with E-state index >= 15 is 0 Å². The summed E-state index contributed by atoms with van der Waals surface area (Å²) in [5.41, 5.74) is 8.89. The number of anilines is 1. The number of hydrogen-bond donors (Lipinski definition) is 1. The number of halogens is 11. The predicted octanol–water partition coefficient (Wildman–Crippen LogP) is 17.3. The molecule has 8 aromatic rings. The fraction of sp³-hybridized carbons (Fsp3) is 0.238. The summed E-state index contributed by atoms with van der Waals surface area (Å²) >= 11 is 12.9. The molecule has 8 aromatic carbocycles. The quantitative estimate of drug-likeness (QED) is 0.0241. The molecule has 16 heteroatoms. The van der Waals surface area contributed by atoms with E-state index in [1.54, 1.807) is 48.5 Å². The maximum atomic E-state index is 14.9. The highest BCUT2D eigenvalue weighted by Gasteiger charge is 2.59. The van der Waals surface area contributed by atoms with Crippen LogP contribution < -0.4 is 15.2 Å². The Morgan fingerprint density at radius 1 is 0.456 bits per heavy atom. The Hall–Kier alpha value is -6.97. The van der Waals surface area contributed by atoms with Gasteiger partial charge in [-0.15, -0.1) is 0 Å². The van der Waals surface area contributed by atoms with E-state index < -0.39 is 34.7 Å². The molecule has 0 aromatic heterocycles. The predicted molar refractivity (Wildman–Crippen MR) is 295 cm³/mol. The largest absolute Gasteiger partial charge is 0.494 e. The minimum Gasteiger partial charge on any atom is -0.494 e. The number of nitrogens with zero attached hydrogens (tertiary/aromatic N) is 2. The van der Waals surface area contributed by atoms with E-state index in [0.717, 1.165) is 40.5 Å². The number of benzene rings is 8. The molecule has 0 aliphatic heterocycles. The summed E-state index contributed by atoms with van der Waals surface area (Å²) in [6, 6.07) is 61.8. The molecule has 0 heterocycles. The van der Waals surface area contributed by atoms with Crippen LogP contribution in [0.3, 0.4) is 0 Å². The van der Waals surface area contributed by atoms with Crippen LogP contribution in [0.2, 0.25) is 5.02 Å². The van der Waals surface area contributed by atoms with Gasteiger partial charge in [0.15, 0.2) is 0 Å². The zero-order valence-corrected chi connectivity index (χ0v) is 44.3. The average Bonchev–Trinajstić information content (AvgIpc) is 3.59. The van der Waals surface area contributed by atoms with E-state index in [1.165, 1.54) is 35.2 Å². The highest BCUT2D eigenvalue weighted by Crippen LogP contribution is 2.49. The summed E-state index contributed by atoms with van der Waals surface area (Å²) in [4.78, 5) is 0.603. The third-order valence-electron chi connectivity index (χ3n) is 13.1. The van der Waals surface area contributed by atoms with Gasteiger partial charge in [0.25, 0.3) is 0 Å². The van der Waals surface area contributed by atoms with Gasteiger partial charge in [-0.3, -0.25) is 9.80 Å². The normalized spacial score (nSPS) is 12.8. The van der Waals surface area contributed by atoms with Crippen LogP contribution in [0.5, 0.6) is 11.5 Å². The lowest BCUT2D eigenvalue weighted by Gasteiger charge is -2.42. The number of nitrogen functional groups attached to an aromatic ring is 1. The lowest BCUT2D eigenvalue weighted by molar-refractivity contribution is -0.206. The van der Waals surface area contributed by atoms with Gasteiger partial charge in [0.05, 0.1) is 29.4 Å². The van der Waals surface area contributed by atoms with Gasteiger partial charge in [0.1, 0.15) is 11.5 Å². The fourth-order valence-corrected chi connectivity index (χ4v) is 9.84.